The number of likely N-dealkylation sites (tertiary alicyclic amines) is 1. The molecule has 0 aliphatic carbocycles. The van der Waals surface area contributed by atoms with E-state index in [2.05, 4.69) is 0 Å². The van der Waals surface area contributed by atoms with Crippen molar-refractivity contribution >= 4 is 5.91 Å². The van der Waals surface area contributed by atoms with Crippen LogP contribution >= 0.6 is 0 Å². The van der Waals surface area contributed by atoms with Crippen LogP contribution in [0.5, 0.6) is 5.75 Å². The van der Waals surface area contributed by atoms with Crippen molar-refractivity contribution in [1.82, 2.24) is 4.90 Å². The van der Waals surface area contributed by atoms with Gasteiger partial charge in [-0.25, -0.2) is 4.39 Å². The van der Waals surface area contributed by atoms with Crippen molar-refractivity contribution < 1.29 is 27.5 Å². The third-order valence-corrected chi connectivity index (χ3v) is 3.38. The van der Waals surface area contributed by atoms with E-state index in [1.165, 1.54) is 6.07 Å². The topological polar surface area (TPSA) is 40.5 Å². The molecule has 1 aliphatic heterocycles. The van der Waals surface area contributed by atoms with Gasteiger partial charge in [0.25, 0.3) is 5.91 Å². The number of carbonyl (C=O) groups excluding carboxylic acids is 1. The Bertz CT molecular complexity index is 495. The lowest BCUT2D eigenvalue weighted by Crippen LogP contribution is -2.44. The molecule has 1 aromatic rings. The Labute approximate surface area is 112 Å². The minimum atomic E-state index is -4.38. The van der Waals surface area contributed by atoms with Gasteiger partial charge in [-0.2, -0.15) is 13.2 Å². The van der Waals surface area contributed by atoms with E-state index >= 15 is 0 Å². The molecule has 1 aromatic carbocycles. The van der Waals surface area contributed by atoms with Crippen molar-refractivity contribution in [2.45, 2.75) is 19.0 Å². The first kappa shape index (κ1) is 14.6. The average Bonchev–Trinajstić information content (AvgIpc) is 2.37. The van der Waals surface area contributed by atoms with Crippen molar-refractivity contribution in [3.8, 4) is 5.75 Å². The monoisotopic (exact) mass is 291 g/mol. The highest BCUT2D eigenvalue weighted by molar-refractivity contribution is 5.97. The fourth-order valence-electron chi connectivity index (χ4n) is 2.31. The lowest BCUT2D eigenvalue weighted by Gasteiger charge is -2.33. The van der Waals surface area contributed by atoms with E-state index in [0.29, 0.717) is 0 Å². The summed E-state index contributed by atoms with van der Waals surface area (Å²) in [7, 11) is 0. The number of nitrogens with zero attached hydrogens (tertiary/aromatic N) is 1. The Hall–Kier alpha value is -1.79. The second kappa shape index (κ2) is 5.30. The molecule has 1 N–H and O–H groups in total. The van der Waals surface area contributed by atoms with Crippen LogP contribution in [0.15, 0.2) is 18.2 Å². The molecule has 110 valence electrons. The fourth-order valence-corrected chi connectivity index (χ4v) is 2.31. The number of hydrogen-bond acceptors (Lipinski definition) is 2. The van der Waals surface area contributed by atoms with E-state index in [1.54, 1.807) is 0 Å². The summed E-state index contributed by atoms with van der Waals surface area (Å²) in [5, 5.41) is 9.51. The van der Waals surface area contributed by atoms with Gasteiger partial charge in [0.1, 0.15) is 17.1 Å². The standard InChI is InChI=1S/C13H13F4NO2/c14-9-4-1-5-10(19)11(9)12(20)18-6-2-3-8(7-18)13(15,16)17/h1,4-5,8,19H,2-3,6-7H2. The van der Waals surface area contributed by atoms with Crippen molar-refractivity contribution in [3.63, 3.8) is 0 Å². The van der Waals surface area contributed by atoms with E-state index in [-0.39, 0.29) is 19.4 Å². The number of phenols is 1. The SMILES string of the molecule is O=C(c1c(O)cccc1F)N1CCCC(C(F)(F)F)C1. The fraction of sp³-hybridized carbons (Fsp3) is 0.462. The quantitative estimate of drug-likeness (QED) is 0.808. The number of alkyl halides is 3. The van der Waals surface area contributed by atoms with E-state index < -0.39 is 41.7 Å². The number of carbonyl (C=O) groups is 1. The minimum absolute atomic E-state index is 0.0451. The van der Waals surface area contributed by atoms with Gasteiger partial charge in [0, 0.05) is 13.1 Å². The molecule has 7 heteroatoms. The molecule has 20 heavy (non-hydrogen) atoms. The van der Waals surface area contributed by atoms with E-state index in [4.69, 9.17) is 0 Å². The summed E-state index contributed by atoms with van der Waals surface area (Å²) in [5.41, 5.74) is -0.574. The van der Waals surface area contributed by atoms with Gasteiger partial charge in [0.2, 0.25) is 0 Å². The van der Waals surface area contributed by atoms with Crippen molar-refractivity contribution in [1.29, 1.82) is 0 Å². The summed E-state index contributed by atoms with van der Waals surface area (Å²) >= 11 is 0. The van der Waals surface area contributed by atoms with Gasteiger partial charge in [-0.3, -0.25) is 4.79 Å². The van der Waals surface area contributed by atoms with Gasteiger partial charge in [-0.05, 0) is 25.0 Å². The summed E-state index contributed by atoms with van der Waals surface area (Å²) in [6, 6.07) is 3.33. The molecule has 1 saturated heterocycles. The normalized spacial score (nSPS) is 20.0. The zero-order valence-electron chi connectivity index (χ0n) is 10.5. The van der Waals surface area contributed by atoms with E-state index in [1.807, 2.05) is 0 Å². The largest absolute Gasteiger partial charge is 0.507 e. The minimum Gasteiger partial charge on any atom is -0.507 e. The molecule has 1 fully saturated rings. The van der Waals surface area contributed by atoms with Crippen molar-refractivity contribution in [2.24, 2.45) is 5.92 Å². The molecule has 2 rings (SSSR count). The highest BCUT2D eigenvalue weighted by atomic mass is 19.4. The summed E-state index contributed by atoms with van der Waals surface area (Å²) in [4.78, 5) is 13.0. The number of piperidine rings is 1. The van der Waals surface area contributed by atoms with Crippen LogP contribution in [0.1, 0.15) is 23.2 Å². The Balaban J connectivity index is 2.21. The third-order valence-electron chi connectivity index (χ3n) is 3.38. The molecule has 1 atom stereocenters. The van der Waals surface area contributed by atoms with Gasteiger partial charge in [-0.15, -0.1) is 0 Å². The molecule has 0 radical (unpaired) electrons. The maximum atomic E-state index is 13.6. The molecule has 1 heterocycles. The van der Waals surface area contributed by atoms with E-state index in [0.717, 1.165) is 17.0 Å². The lowest BCUT2D eigenvalue weighted by atomic mass is 9.96. The third kappa shape index (κ3) is 2.86. The number of hydrogen-bond donors (Lipinski definition) is 1. The maximum absolute atomic E-state index is 13.6. The second-order valence-corrected chi connectivity index (χ2v) is 4.77. The molecule has 1 amide bonds. The first-order chi connectivity index (χ1) is 9.30. The zero-order chi connectivity index (χ0) is 14.9. The molecule has 1 unspecified atom stereocenters. The maximum Gasteiger partial charge on any atom is 0.393 e. The molecule has 0 bridgehead atoms. The average molecular weight is 291 g/mol. The number of phenolic OH excluding ortho intramolecular Hbond substituents is 1. The Morgan fingerprint density at radius 2 is 2.05 bits per heavy atom. The predicted molar refractivity (Wildman–Crippen MR) is 62.7 cm³/mol. The molecule has 0 aromatic heterocycles. The number of aromatic hydroxyl groups is 1. The van der Waals surface area contributed by atoms with Gasteiger partial charge in [-0.1, -0.05) is 6.07 Å². The zero-order valence-corrected chi connectivity index (χ0v) is 10.5. The summed E-state index contributed by atoms with van der Waals surface area (Å²) in [6.45, 7) is -0.380. The second-order valence-electron chi connectivity index (χ2n) is 4.77. The smallest absolute Gasteiger partial charge is 0.393 e. The van der Waals surface area contributed by atoms with Crippen LogP contribution in [0.3, 0.4) is 0 Å². The molecular weight excluding hydrogens is 278 g/mol. The van der Waals surface area contributed by atoms with Gasteiger partial charge in [0.15, 0.2) is 0 Å². The number of halogens is 4. The Morgan fingerprint density at radius 3 is 2.65 bits per heavy atom. The molecule has 0 saturated carbocycles. The highest BCUT2D eigenvalue weighted by Crippen LogP contribution is 2.34. The lowest BCUT2D eigenvalue weighted by molar-refractivity contribution is -0.184. The van der Waals surface area contributed by atoms with Gasteiger partial charge >= 0.3 is 6.18 Å². The summed E-state index contributed by atoms with van der Waals surface area (Å²) < 4.78 is 51.6. The summed E-state index contributed by atoms with van der Waals surface area (Å²) in [6.07, 6.45) is -4.22. The first-order valence-electron chi connectivity index (χ1n) is 6.14. The van der Waals surface area contributed by atoms with Crippen LogP contribution < -0.4 is 0 Å². The van der Waals surface area contributed by atoms with Gasteiger partial charge < -0.3 is 10.0 Å². The summed E-state index contributed by atoms with van der Waals surface area (Å²) in [5.74, 6) is -4.02. The first-order valence-corrected chi connectivity index (χ1v) is 6.14. The van der Waals surface area contributed by atoms with Gasteiger partial charge in [0.05, 0.1) is 5.92 Å². The van der Waals surface area contributed by atoms with Crippen LogP contribution in [0, 0.1) is 11.7 Å². The Kier molecular flexibility index (Phi) is 3.87. The van der Waals surface area contributed by atoms with Crippen LogP contribution in [0.4, 0.5) is 17.6 Å². The molecular formula is C13H13F4NO2. The predicted octanol–water partition coefficient (Wildman–Crippen LogP) is 2.95. The molecule has 1 aliphatic rings. The highest BCUT2D eigenvalue weighted by Gasteiger charge is 2.43. The van der Waals surface area contributed by atoms with Crippen LogP contribution in [0.2, 0.25) is 0 Å². The van der Waals surface area contributed by atoms with Crippen LogP contribution in [-0.2, 0) is 0 Å². The van der Waals surface area contributed by atoms with Crippen LogP contribution in [-0.4, -0.2) is 35.2 Å². The number of amides is 1. The molecule has 0 spiro atoms. The van der Waals surface area contributed by atoms with E-state index in [9.17, 15) is 27.5 Å². The Morgan fingerprint density at radius 1 is 1.35 bits per heavy atom. The molecule has 3 nitrogen and oxygen atoms in total. The van der Waals surface area contributed by atoms with Crippen LogP contribution in [0.25, 0.3) is 0 Å². The number of rotatable bonds is 1. The number of benzene rings is 1. The van der Waals surface area contributed by atoms with Crippen molar-refractivity contribution in [2.75, 3.05) is 13.1 Å². The van der Waals surface area contributed by atoms with Crippen molar-refractivity contribution in [3.05, 3.63) is 29.6 Å².